The van der Waals surface area contributed by atoms with Crippen LogP contribution in [0, 0.1) is 0 Å². The summed E-state index contributed by atoms with van der Waals surface area (Å²) in [7, 11) is -3.24. The van der Waals surface area contributed by atoms with E-state index >= 15 is 0 Å². The van der Waals surface area contributed by atoms with Crippen LogP contribution in [0.5, 0.6) is 0 Å². The predicted molar refractivity (Wildman–Crippen MR) is 110 cm³/mol. The fraction of sp³-hybridized carbons (Fsp3) is 0.217. The molecular formula is C23H23NO3S. The minimum Gasteiger partial charge on any atom is -0.387 e. The Bertz CT molecular complexity index is 995. The van der Waals surface area contributed by atoms with Gasteiger partial charge in [-0.15, -0.1) is 0 Å². The van der Waals surface area contributed by atoms with Crippen LogP contribution >= 0.6 is 0 Å². The van der Waals surface area contributed by atoms with Crippen molar-refractivity contribution in [3.8, 4) is 0 Å². The van der Waals surface area contributed by atoms with Crippen LogP contribution in [0.1, 0.15) is 28.8 Å². The summed E-state index contributed by atoms with van der Waals surface area (Å²) in [5.74, 6) is 0. The molecule has 0 aliphatic carbocycles. The van der Waals surface area contributed by atoms with Gasteiger partial charge in [0.15, 0.2) is 9.84 Å². The van der Waals surface area contributed by atoms with Crippen LogP contribution in [0.3, 0.4) is 0 Å². The second-order valence-corrected chi connectivity index (χ2v) is 9.29. The maximum Gasteiger partial charge on any atom is 0.175 e. The van der Waals surface area contributed by atoms with Gasteiger partial charge in [0, 0.05) is 12.8 Å². The van der Waals surface area contributed by atoms with Crippen LogP contribution in [0.4, 0.5) is 0 Å². The van der Waals surface area contributed by atoms with Gasteiger partial charge in [-0.2, -0.15) is 0 Å². The van der Waals surface area contributed by atoms with Crippen molar-refractivity contribution >= 4 is 9.84 Å². The second kappa shape index (κ2) is 7.51. The smallest absolute Gasteiger partial charge is 0.175 e. The topological polar surface area (TPSA) is 57.4 Å². The summed E-state index contributed by atoms with van der Waals surface area (Å²) in [6, 6.07) is 27.2. The fourth-order valence-corrected chi connectivity index (χ4v) is 4.36. The maximum absolute atomic E-state index is 11.6. The van der Waals surface area contributed by atoms with E-state index in [1.807, 2.05) is 36.4 Å². The van der Waals surface area contributed by atoms with E-state index in [0.717, 1.165) is 12.1 Å². The highest BCUT2D eigenvalue weighted by atomic mass is 32.2. The van der Waals surface area contributed by atoms with Gasteiger partial charge in [0.2, 0.25) is 0 Å². The quantitative estimate of drug-likeness (QED) is 0.650. The molecule has 4 nitrogen and oxygen atoms in total. The van der Waals surface area contributed by atoms with E-state index in [2.05, 4.69) is 29.2 Å². The first-order valence-electron chi connectivity index (χ1n) is 9.29. The molecule has 144 valence electrons. The third-order valence-corrected chi connectivity index (χ3v) is 6.40. The van der Waals surface area contributed by atoms with Crippen molar-refractivity contribution in [2.24, 2.45) is 0 Å². The summed E-state index contributed by atoms with van der Waals surface area (Å²) in [5.41, 5.74) is 3.12. The van der Waals surface area contributed by atoms with Crippen LogP contribution in [0.25, 0.3) is 0 Å². The average molecular weight is 394 g/mol. The third-order valence-electron chi connectivity index (χ3n) is 5.27. The molecule has 3 atom stereocenters. The van der Waals surface area contributed by atoms with Crippen LogP contribution in [-0.2, 0) is 9.84 Å². The molecular weight excluding hydrogens is 370 g/mol. The van der Waals surface area contributed by atoms with E-state index in [4.69, 9.17) is 0 Å². The largest absolute Gasteiger partial charge is 0.387 e. The Morgan fingerprint density at radius 1 is 0.821 bits per heavy atom. The third kappa shape index (κ3) is 3.87. The Hall–Kier alpha value is -2.47. The maximum atomic E-state index is 11.6. The lowest BCUT2D eigenvalue weighted by Gasteiger charge is -2.22. The zero-order chi connectivity index (χ0) is 19.7. The number of rotatable bonds is 6. The Kier molecular flexibility index (Phi) is 5.06. The monoisotopic (exact) mass is 393 g/mol. The van der Waals surface area contributed by atoms with Crippen molar-refractivity contribution in [1.29, 1.82) is 0 Å². The van der Waals surface area contributed by atoms with Gasteiger partial charge in [0.25, 0.3) is 0 Å². The molecule has 0 saturated carbocycles. The predicted octanol–water partition coefficient (Wildman–Crippen LogP) is 3.60. The number of hydrogen-bond donors (Lipinski definition) is 1. The van der Waals surface area contributed by atoms with Crippen LogP contribution in [0.2, 0.25) is 0 Å². The van der Waals surface area contributed by atoms with Crippen molar-refractivity contribution in [2.75, 3.05) is 12.8 Å². The van der Waals surface area contributed by atoms with E-state index in [1.165, 1.54) is 17.4 Å². The molecule has 0 bridgehead atoms. The minimum atomic E-state index is -3.24. The summed E-state index contributed by atoms with van der Waals surface area (Å²) >= 11 is 0. The molecule has 5 heteroatoms. The van der Waals surface area contributed by atoms with Crippen LogP contribution < -0.4 is 0 Å². The minimum absolute atomic E-state index is 0.00510. The molecule has 1 aliphatic heterocycles. The van der Waals surface area contributed by atoms with E-state index in [1.54, 1.807) is 24.3 Å². The van der Waals surface area contributed by atoms with Gasteiger partial charge in [-0.1, -0.05) is 72.8 Å². The van der Waals surface area contributed by atoms with E-state index in [9.17, 15) is 13.5 Å². The number of benzene rings is 3. The van der Waals surface area contributed by atoms with Gasteiger partial charge in [-0.25, -0.2) is 8.42 Å². The Morgan fingerprint density at radius 2 is 1.32 bits per heavy atom. The van der Waals surface area contributed by atoms with Gasteiger partial charge >= 0.3 is 0 Å². The number of aliphatic hydroxyl groups excluding tert-OH is 1. The van der Waals surface area contributed by atoms with Crippen LogP contribution in [-0.4, -0.2) is 37.3 Å². The highest BCUT2D eigenvalue weighted by Crippen LogP contribution is 2.42. The molecule has 1 saturated heterocycles. The van der Waals surface area contributed by atoms with E-state index in [-0.39, 0.29) is 17.0 Å². The zero-order valence-corrected chi connectivity index (χ0v) is 16.5. The lowest BCUT2D eigenvalue weighted by molar-refractivity contribution is 0.153. The molecule has 3 aromatic carbocycles. The second-order valence-electron chi connectivity index (χ2n) is 7.27. The van der Waals surface area contributed by atoms with Crippen molar-refractivity contribution in [3.63, 3.8) is 0 Å². The highest BCUT2D eigenvalue weighted by molar-refractivity contribution is 7.90. The van der Waals surface area contributed by atoms with Gasteiger partial charge in [-0.05, 0) is 28.8 Å². The van der Waals surface area contributed by atoms with Gasteiger partial charge in [-0.3, -0.25) is 4.90 Å². The average Bonchev–Trinajstić information content (AvgIpc) is 3.49. The van der Waals surface area contributed by atoms with Crippen molar-refractivity contribution < 1.29 is 13.5 Å². The molecule has 1 fully saturated rings. The van der Waals surface area contributed by atoms with Crippen molar-refractivity contribution in [3.05, 3.63) is 102 Å². The molecule has 2 unspecified atom stereocenters. The summed E-state index contributed by atoms with van der Waals surface area (Å²) < 4.78 is 23.3. The first-order valence-corrected chi connectivity index (χ1v) is 11.2. The standard InChI is InChI=1S/C23H23NO3S/c1-28(26,27)20-14-12-19(13-15-20)23(25)21-16-24(21)22(17-8-4-2-5-9-17)18-10-6-3-7-11-18/h2-15,21-23,25H,16H2,1H3/t21?,23-,24?/m1/s1. The lowest BCUT2D eigenvalue weighted by atomic mass is 9.98. The highest BCUT2D eigenvalue weighted by Gasteiger charge is 2.45. The molecule has 0 amide bonds. The van der Waals surface area contributed by atoms with Gasteiger partial charge in [0.05, 0.1) is 23.1 Å². The Morgan fingerprint density at radius 3 is 1.79 bits per heavy atom. The Balaban J connectivity index is 1.58. The van der Waals surface area contributed by atoms with Crippen molar-refractivity contribution in [1.82, 2.24) is 4.90 Å². The molecule has 0 spiro atoms. The normalized spacial score (nSPS) is 20.1. The molecule has 28 heavy (non-hydrogen) atoms. The first kappa shape index (κ1) is 18.9. The van der Waals surface area contributed by atoms with E-state index < -0.39 is 15.9 Å². The zero-order valence-electron chi connectivity index (χ0n) is 15.6. The molecule has 0 radical (unpaired) electrons. The van der Waals surface area contributed by atoms with Crippen LogP contribution in [0.15, 0.2) is 89.8 Å². The fourth-order valence-electron chi connectivity index (χ4n) is 3.73. The first-order chi connectivity index (χ1) is 13.4. The summed E-state index contributed by atoms with van der Waals surface area (Å²) in [4.78, 5) is 2.54. The molecule has 4 rings (SSSR count). The lowest BCUT2D eigenvalue weighted by Crippen LogP contribution is -2.17. The molecule has 0 aromatic heterocycles. The molecule has 1 N–H and O–H groups in total. The summed E-state index contributed by atoms with van der Waals surface area (Å²) in [5, 5.41) is 10.9. The summed E-state index contributed by atoms with van der Waals surface area (Å²) in [6.07, 6.45) is 0.522. The van der Waals surface area contributed by atoms with Gasteiger partial charge in [0.1, 0.15) is 0 Å². The van der Waals surface area contributed by atoms with Gasteiger partial charge < -0.3 is 5.11 Å². The molecule has 3 aromatic rings. The Labute approximate surface area is 166 Å². The number of nitrogens with zero attached hydrogens (tertiary/aromatic N) is 1. The number of hydrogen-bond acceptors (Lipinski definition) is 4. The molecule has 1 aliphatic rings. The number of aliphatic hydroxyl groups is 1. The SMILES string of the molecule is CS(=O)(=O)c1ccc([C@@H](O)C2CN2C(c2ccccc2)c2ccccc2)cc1. The summed E-state index contributed by atoms with van der Waals surface area (Å²) in [6.45, 7) is 0.781. The number of sulfone groups is 1. The van der Waals surface area contributed by atoms with E-state index in [0.29, 0.717) is 0 Å². The van der Waals surface area contributed by atoms with Crippen molar-refractivity contribution in [2.45, 2.75) is 23.1 Å². The molecule has 1 heterocycles.